The first-order valence-electron chi connectivity index (χ1n) is 11.6. The number of carbonyl (C=O) groups is 1. The molecule has 4 nitrogen and oxygen atoms in total. The number of piperidine rings is 1. The summed E-state index contributed by atoms with van der Waals surface area (Å²) in [7, 11) is 0. The number of rotatable bonds is 5. The molecule has 0 bridgehead atoms. The highest BCUT2D eigenvalue weighted by Gasteiger charge is 2.54. The molecule has 172 valence electrons. The lowest BCUT2D eigenvalue weighted by molar-refractivity contribution is -0.112. The second-order valence-corrected chi connectivity index (χ2v) is 10.3. The summed E-state index contributed by atoms with van der Waals surface area (Å²) in [4.78, 5) is 17.4. The van der Waals surface area contributed by atoms with Crippen LogP contribution in [0.25, 0.3) is 0 Å². The number of urea groups is 1. The number of amides is 2. The topological polar surface area (TPSA) is 35.6 Å². The second kappa shape index (κ2) is 9.40. The molecule has 1 unspecified atom stereocenters. The van der Waals surface area contributed by atoms with E-state index in [0.717, 1.165) is 49.6 Å². The molecule has 0 aliphatic carbocycles. The monoisotopic (exact) mass is 457 g/mol. The quantitative estimate of drug-likeness (QED) is 0.593. The van der Waals surface area contributed by atoms with E-state index in [4.69, 9.17) is 11.6 Å². The number of hydrogen-bond donors (Lipinski definition) is 1. The van der Waals surface area contributed by atoms with Gasteiger partial charge in [0, 0.05) is 42.7 Å². The number of carbonyl (C=O) groups excluding carboxylic acids is 1. The standard InChI is InChI=1S/C26H33ClFN3O/c1-18(2)16-31-17-26(24(31)21-4-8-22(27)9-5-21)12-14-30(15-13-26)25(32)29-19(3)20-6-10-23(28)11-7-20/h4-11,18-19,24H,12-17H2,1-3H3,(H,29,32)/t19-,24?/m0/s1. The molecule has 2 atom stereocenters. The van der Waals surface area contributed by atoms with Crippen molar-refractivity contribution in [3.8, 4) is 0 Å². The molecule has 2 fully saturated rings. The van der Waals surface area contributed by atoms with Gasteiger partial charge in [-0.05, 0) is 61.1 Å². The van der Waals surface area contributed by atoms with Gasteiger partial charge in [0.2, 0.25) is 0 Å². The molecule has 2 saturated heterocycles. The zero-order valence-electron chi connectivity index (χ0n) is 19.2. The zero-order chi connectivity index (χ0) is 22.9. The molecular weight excluding hydrogens is 425 g/mol. The Hall–Kier alpha value is -2.11. The van der Waals surface area contributed by atoms with Gasteiger partial charge in [0.25, 0.3) is 0 Å². The van der Waals surface area contributed by atoms with Gasteiger partial charge in [-0.25, -0.2) is 9.18 Å². The lowest BCUT2D eigenvalue weighted by Crippen LogP contribution is -2.63. The van der Waals surface area contributed by atoms with Crippen molar-refractivity contribution in [3.63, 3.8) is 0 Å². The van der Waals surface area contributed by atoms with Gasteiger partial charge in [0.15, 0.2) is 0 Å². The maximum absolute atomic E-state index is 13.2. The molecule has 4 rings (SSSR count). The number of likely N-dealkylation sites (tertiary alicyclic amines) is 2. The van der Waals surface area contributed by atoms with Crippen molar-refractivity contribution in [1.29, 1.82) is 0 Å². The van der Waals surface area contributed by atoms with Gasteiger partial charge in [-0.1, -0.05) is 49.7 Å². The van der Waals surface area contributed by atoms with E-state index in [1.54, 1.807) is 12.1 Å². The molecule has 6 heteroatoms. The van der Waals surface area contributed by atoms with Gasteiger partial charge >= 0.3 is 6.03 Å². The third-order valence-electron chi connectivity index (χ3n) is 7.01. The van der Waals surface area contributed by atoms with Crippen LogP contribution in [0.1, 0.15) is 56.8 Å². The molecule has 2 aromatic rings. The fraction of sp³-hybridized carbons (Fsp3) is 0.500. The molecule has 2 amide bonds. The summed E-state index contributed by atoms with van der Waals surface area (Å²) in [6, 6.07) is 14.8. The third kappa shape index (κ3) is 4.79. The molecule has 2 aliphatic heterocycles. The number of halogens is 2. The summed E-state index contributed by atoms with van der Waals surface area (Å²) in [6.07, 6.45) is 1.99. The third-order valence-corrected chi connectivity index (χ3v) is 7.26. The van der Waals surface area contributed by atoms with E-state index in [-0.39, 0.29) is 23.3 Å². The van der Waals surface area contributed by atoms with Gasteiger partial charge < -0.3 is 10.2 Å². The van der Waals surface area contributed by atoms with Gasteiger partial charge in [0.1, 0.15) is 5.82 Å². The summed E-state index contributed by atoms with van der Waals surface area (Å²) < 4.78 is 13.2. The van der Waals surface area contributed by atoms with Crippen molar-refractivity contribution >= 4 is 17.6 Å². The molecule has 32 heavy (non-hydrogen) atoms. The molecule has 0 saturated carbocycles. The average molecular weight is 458 g/mol. The Morgan fingerprint density at radius 1 is 1.09 bits per heavy atom. The molecule has 1 N–H and O–H groups in total. The second-order valence-electron chi connectivity index (χ2n) is 9.85. The smallest absolute Gasteiger partial charge is 0.317 e. The van der Waals surface area contributed by atoms with Crippen LogP contribution < -0.4 is 5.32 Å². The van der Waals surface area contributed by atoms with Crippen LogP contribution in [0.4, 0.5) is 9.18 Å². The lowest BCUT2D eigenvalue weighted by Gasteiger charge is -2.61. The van der Waals surface area contributed by atoms with E-state index >= 15 is 0 Å². The summed E-state index contributed by atoms with van der Waals surface area (Å²) >= 11 is 6.14. The number of nitrogens with one attached hydrogen (secondary N) is 1. The Labute approximate surface area is 195 Å². The van der Waals surface area contributed by atoms with Gasteiger partial charge in [0.05, 0.1) is 6.04 Å². The molecule has 0 aromatic heterocycles. The van der Waals surface area contributed by atoms with Gasteiger partial charge in [-0.2, -0.15) is 0 Å². The number of benzene rings is 2. The Morgan fingerprint density at radius 3 is 2.31 bits per heavy atom. The predicted octanol–water partition coefficient (Wildman–Crippen LogP) is 6.04. The van der Waals surface area contributed by atoms with E-state index in [0.29, 0.717) is 12.0 Å². The highest BCUT2D eigenvalue weighted by molar-refractivity contribution is 6.30. The summed E-state index contributed by atoms with van der Waals surface area (Å²) in [5, 5.41) is 3.84. The van der Waals surface area contributed by atoms with Gasteiger partial charge in [-0.3, -0.25) is 4.90 Å². The maximum atomic E-state index is 13.2. The van der Waals surface area contributed by atoms with Crippen LogP contribution in [-0.4, -0.2) is 42.0 Å². The van der Waals surface area contributed by atoms with Crippen molar-refractivity contribution in [3.05, 3.63) is 70.5 Å². The largest absolute Gasteiger partial charge is 0.331 e. The summed E-state index contributed by atoms with van der Waals surface area (Å²) in [6.45, 7) is 10.1. The first-order chi connectivity index (χ1) is 15.3. The fourth-order valence-electron chi connectivity index (χ4n) is 5.40. The molecule has 0 radical (unpaired) electrons. The van der Waals surface area contributed by atoms with Crippen LogP contribution in [0.5, 0.6) is 0 Å². The van der Waals surface area contributed by atoms with E-state index < -0.39 is 0 Å². The lowest BCUT2D eigenvalue weighted by atomic mass is 9.63. The van der Waals surface area contributed by atoms with Crippen molar-refractivity contribution in [2.24, 2.45) is 11.3 Å². The van der Waals surface area contributed by atoms with Crippen LogP contribution >= 0.6 is 11.6 Å². The van der Waals surface area contributed by atoms with Crippen molar-refractivity contribution in [1.82, 2.24) is 15.1 Å². The minimum atomic E-state index is -0.268. The molecule has 2 heterocycles. The number of hydrogen-bond acceptors (Lipinski definition) is 2. The zero-order valence-corrected chi connectivity index (χ0v) is 19.9. The Balaban J connectivity index is 1.40. The van der Waals surface area contributed by atoms with E-state index in [1.807, 2.05) is 24.0 Å². The highest BCUT2D eigenvalue weighted by atomic mass is 35.5. The highest BCUT2D eigenvalue weighted by Crippen LogP contribution is 2.55. The predicted molar refractivity (Wildman–Crippen MR) is 127 cm³/mol. The first-order valence-corrected chi connectivity index (χ1v) is 12.0. The Bertz CT molecular complexity index is 923. The maximum Gasteiger partial charge on any atom is 0.317 e. The Morgan fingerprint density at radius 2 is 1.72 bits per heavy atom. The molecular formula is C26H33ClFN3O. The minimum Gasteiger partial charge on any atom is -0.331 e. The van der Waals surface area contributed by atoms with Gasteiger partial charge in [-0.15, -0.1) is 0 Å². The van der Waals surface area contributed by atoms with Crippen LogP contribution in [0.2, 0.25) is 5.02 Å². The van der Waals surface area contributed by atoms with E-state index in [2.05, 4.69) is 36.2 Å². The van der Waals surface area contributed by atoms with E-state index in [9.17, 15) is 9.18 Å². The van der Waals surface area contributed by atoms with Crippen molar-refractivity contribution in [2.75, 3.05) is 26.2 Å². The fourth-order valence-corrected chi connectivity index (χ4v) is 5.53. The van der Waals surface area contributed by atoms with Crippen LogP contribution in [0.3, 0.4) is 0 Å². The average Bonchev–Trinajstić information content (AvgIpc) is 2.75. The van der Waals surface area contributed by atoms with Crippen LogP contribution in [-0.2, 0) is 0 Å². The first kappa shape index (κ1) is 23.1. The Kier molecular flexibility index (Phi) is 6.78. The van der Waals surface area contributed by atoms with Crippen LogP contribution in [0.15, 0.2) is 48.5 Å². The van der Waals surface area contributed by atoms with Crippen molar-refractivity contribution < 1.29 is 9.18 Å². The van der Waals surface area contributed by atoms with Crippen LogP contribution in [0, 0.1) is 17.2 Å². The normalized spacial score (nSPS) is 21.4. The number of nitrogens with zero attached hydrogens (tertiary/aromatic N) is 2. The van der Waals surface area contributed by atoms with E-state index in [1.165, 1.54) is 17.7 Å². The summed E-state index contributed by atoms with van der Waals surface area (Å²) in [5.41, 5.74) is 2.44. The molecule has 2 aliphatic rings. The molecule has 2 aromatic carbocycles. The summed E-state index contributed by atoms with van der Waals surface area (Å²) in [5.74, 6) is 0.344. The van der Waals surface area contributed by atoms with Crippen molar-refractivity contribution in [2.45, 2.75) is 45.7 Å². The molecule has 1 spiro atoms. The minimum absolute atomic E-state index is 0.0434. The SMILES string of the molecule is CC(C)CN1CC2(CCN(C(=O)N[C@@H](C)c3ccc(F)cc3)CC2)C1c1ccc(Cl)cc1.